The van der Waals surface area contributed by atoms with Crippen molar-refractivity contribution in [2.75, 3.05) is 0 Å². The van der Waals surface area contributed by atoms with Crippen molar-refractivity contribution in [2.24, 2.45) is 0 Å². The van der Waals surface area contributed by atoms with Crippen LogP contribution in [-0.4, -0.2) is 0 Å². The summed E-state index contributed by atoms with van der Waals surface area (Å²) in [7, 11) is 0. The third-order valence-electron chi connectivity index (χ3n) is 0.500. The van der Waals surface area contributed by atoms with Crippen LogP contribution in [0.25, 0.3) is 0 Å². The molecule has 0 fully saturated rings. The third-order valence-corrected chi connectivity index (χ3v) is 0.500. The van der Waals surface area contributed by atoms with Crippen LogP contribution in [0.3, 0.4) is 0 Å². The van der Waals surface area contributed by atoms with E-state index in [0.717, 1.165) is 32.3 Å². The van der Waals surface area contributed by atoms with Crippen LogP contribution in [0.5, 0.6) is 0 Å². The van der Waals surface area contributed by atoms with Gasteiger partial charge in [-0.3, -0.25) is 0 Å². The number of unbranched alkanes of at least 4 members (excludes halogenated alkanes) is 2. The van der Waals surface area contributed by atoms with Crippen molar-refractivity contribution >= 4 is 0 Å². The Balaban J connectivity index is 0. The fraction of sp³-hybridized carbons (Fsp3) is 0.600. The zero-order valence-electron chi connectivity index (χ0n) is 4.39. The molecule has 0 rings (SSSR count). The minimum absolute atomic E-state index is 0.950. The van der Waals surface area contributed by atoms with E-state index >= 15 is 0 Å². The van der Waals surface area contributed by atoms with Gasteiger partial charge in [0, 0.05) is 0 Å². The number of hydrogen-bond acceptors (Lipinski definition) is 1. The Labute approximate surface area is 56.7 Å². The van der Waals surface area contributed by atoms with E-state index < -0.39 is 0 Å². The summed E-state index contributed by atoms with van der Waals surface area (Å²) >= 11 is 0.950. The molecule has 7 heavy (non-hydrogen) atoms. The van der Waals surface area contributed by atoms with Gasteiger partial charge in [-0.25, -0.2) is 0 Å². The van der Waals surface area contributed by atoms with Gasteiger partial charge < -0.3 is 13.8 Å². The van der Waals surface area contributed by atoms with Crippen LogP contribution in [0.1, 0.15) is 19.3 Å². The first-order valence-corrected chi connectivity index (χ1v) is 3.08. The maximum atomic E-state index is 7.01. The minimum atomic E-state index is 0.950. The van der Waals surface area contributed by atoms with Crippen LogP contribution in [-0.2, 0) is 19.4 Å². The molecule has 0 atom stereocenters. The Bertz CT molecular complexity index is 32.3. The molecule has 0 spiro atoms. The van der Waals surface area contributed by atoms with E-state index in [4.69, 9.17) is 3.73 Å². The quantitative estimate of drug-likeness (QED) is 0.469. The van der Waals surface area contributed by atoms with Gasteiger partial charge in [0.2, 0.25) is 0 Å². The van der Waals surface area contributed by atoms with Crippen LogP contribution in [0.2, 0.25) is 0 Å². The number of rotatable bonds is 2. The van der Waals surface area contributed by atoms with E-state index in [1.807, 2.05) is 0 Å². The second-order valence-corrected chi connectivity index (χ2v) is 1.06. The Kier molecular flexibility index (Phi) is 24.0. The van der Waals surface area contributed by atoms with Crippen LogP contribution in [0.4, 0.5) is 0 Å². The molecule has 0 amide bonds. The standard InChI is InChI=1S/C5H10.Mo.N/c1-3-5-4-2;;/h1-5H2;;/q-2;;. The first-order valence-electron chi connectivity index (χ1n) is 2.18. The predicted molar refractivity (Wildman–Crippen MR) is 26.3 cm³/mol. The Morgan fingerprint density at radius 2 is 1.43 bits per heavy atom. The summed E-state index contributed by atoms with van der Waals surface area (Å²) in [6.07, 6.45) is 3.23. The molecule has 43 valence electrons. The molecule has 2 heteroatoms. The first kappa shape index (κ1) is 10.4. The first-order chi connectivity index (χ1) is 3.41. The third kappa shape index (κ3) is 21.5. The molecule has 0 bridgehead atoms. The topological polar surface area (TPSA) is 23.8 Å². The zero-order chi connectivity index (χ0) is 6.12. The van der Waals surface area contributed by atoms with E-state index in [0.29, 0.717) is 0 Å². The summed E-state index contributed by atoms with van der Waals surface area (Å²) in [5.41, 5.74) is 0. The van der Waals surface area contributed by atoms with Gasteiger partial charge in [-0.05, 0) is 0 Å². The Hall–Kier alpha value is 0.398. The molecule has 1 nitrogen and oxygen atoms in total. The molecule has 0 aliphatic heterocycles. The predicted octanol–water partition coefficient (Wildman–Crippen LogP) is 1.84. The molecule has 0 aromatic rings. The van der Waals surface area contributed by atoms with E-state index in [9.17, 15) is 0 Å². The van der Waals surface area contributed by atoms with Gasteiger partial charge >= 0.3 is 23.2 Å². The average molecular weight is 180 g/mol. The van der Waals surface area contributed by atoms with E-state index in [2.05, 4.69) is 13.8 Å². The van der Waals surface area contributed by atoms with Gasteiger partial charge in [0.15, 0.2) is 0 Å². The summed E-state index contributed by atoms with van der Waals surface area (Å²) in [4.78, 5) is 0. The average Bonchev–Trinajstić information content (AvgIpc) is 1.75. The normalized spacial score (nSPS) is 6.29. The molecule has 0 N–H and O–H groups in total. The number of hydrogen-bond donors (Lipinski definition) is 0. The van der Waals surface area contributed by atoms with Gasteiger partial charge in [-0.1, -0.05) is 0 Å². The summed E-state index contributed by atoms with van der Waals surface area (Å²) in [5.74, 6) is 0. The molecule has 0 heterocycles. The van der Waals surface area contributed by atoms with Crippen molar-refractivity contribution in [3.05, 3.63) is 13.8 Å². The molecule has 0 radical (unpaired) electrons. The van der Waals surface area contributed by atoms with Crippen molar-refractivity contribution in [1.82, 2.24) is 0 Å². The number of nitrogens with zero attached hydrogens (tertiary/aromatic N) is 1. The summed E-state index contributed by atoms with van der Waals surface area (Å²) < 4.78 is 7.01. The van der Waals surface area contributed by atoms with Gasteiger partial charge in [0.1, 0.15) is 0 Å². The molecule has 0 aliphatic rings. The zero-order valence-corrected chi connectivity index (χ0v) is 6.40. The molecular weight excluding hydrogens is 170 g/mol. The second-order valence-electron chi connectivity index (χ2n) is 1.06. The summed E-state index contributed by atoms with van der Waals surface area (Å²) in [6.45, 7) is 7.27. The van der Waals surface area contributed by atoms with Crippen molar-refractivity contribution in [3.63, 3.8) is 0 Å². The molecule has 0 saturated heterocycles. The molecule has 0 unspecified atom stereocenters. The molecule has 0 saturated carbocycles. The maximum absolute atomic E-state index is 7.01. The Morgan fingerprint density at radius 3 is 1.43 bits per heavy atom. The molecule has 0 aromatic carbocycles. The van der Waals surface area contributed by atoms with Gasteiger partial charge in [-0.2, -0.15) is 12.8 Å². The van der Waals surface area contributed by atoms with Crippen LogP contribution < -0.4 is 0 Å². The molecular formula is C5H10MoN-2. The van der Waals surface area contributed by atoms with Crippen LogP contribution >= 0.6 is 0 Å². The van der Waals surface area contributed by atoms with Crippen LogP contribution in [0, 0.1) is 17.6 Å². The summed E-state index contributed by atoms with van der Waals surface area (Å²) in [5, 5.41) is 0. The van der Waals surface area contributed by atoms with E-state index in [1.165, 1.54) is 6.42 Å². The van der Waals surface area contributed by atoms with Gasteiger partial charge in [-0.15, -0.1) is 6.42 Å². The van der Waals surface area contributed by atoms with Crippen molar-refractivity contribution in [3.8, 4) is 0 Å². The van der Waals surface area contributed by atoms with Gasteiger partial charge in [0.25, 0.3) is 0 Å². The van der Waals surface area contributed by atoms with E-state index in [-0.39, 0.29) is 0 Å². The van der Waals surface area contributed by atoms with Gasteiger partial charge in [0.05, 0.1) is 0 Å². The fourth-order valence-electron chi connectivity index (χ4n) is 0.177. The van der Waals surface area contributed by atoms with Crippen molar-refractivity contribution in [2.45, 2.75) is 19.3 Å². The monoisotopic (exact) mass is 182 g/mol. The fourth-order valence-corrected chi connectivity index (χ4v) is 0.177. The summed E-state index contributed by atoms with van der Waals surface area (Å²) in [6, 6.07) is 0. The SMILES string of the molecule is [CH2-]CCC[CH2-].[N]#[Mo]. The van der Waals surface area contributed by atoms with E-state index in [1.54, 1.807) is 0 Å². The van der Waals surface area contributed by atoms with Crippen molar-refractivity contribution in [1.29, 1.82) is 3.73 Å². The Morgan fingerprint density at radius 1 is 1.14 bits per heavy atom. The second kappa shape index (κ2) is 16.1. The van der Waals surface area contributed by atoms with Crippen molar-refractivity contribution < 1.29 is 19.4 Å². The molecule has 0 aromatic heterocycles. The molecule has 0 aliphatic carbocycles. The van der Waals surface area contributed by atoms with Crippen LogP contribution in [0.15, 0.2) is 0 Å².